The van der Waals surface area contributed by atoms with Gasteiger partial charge in [-0.1, -0.05) is 6.92 Å². The first-order chi connectivity index (χ1) is 8.97. The van der Waals surface area contributed by atoms with E-state index in [2.05, 4.69) is 10.3 Å². The van der Waals surface area contributed by atoms with Crippen molar-refractivity contribution in [3.8, 4) is 0 Å². The number of aliphatic hydroxyl groups excluding tert-OH is 1. The smallest absolute Gasteiger partial charge is 0.330 e. The molecular formula is C12H22N4O3. The van der Waals surface area contributed by atoms with Gasteiger partial charge in [0.1, 0.15) is 11.5 Å². The van der Waals surface area contributed by atoms with Crippen LogP contribution in [0.4, 0.5) is 11.5 Å². The van der Waals surface area contributed by atoms with Crippen LogP contribution in [0.3, 0.4) is 0 Å². The van der Waals surface area contributed by atoms with Crippen LogP contribution in [0.1, 0.15) is 33.1 Å². The standard InChI is InChI=1S/C12H22N4O3/c1-3-7-16-10(13)9(11(18)15-12(16)19)14-6-4-5-8(2)17/h8,14,17H,3-7,13H2,1-2H3,(H,15,18,19). The van der Waals surface area contributed by atoms with Crippen molar-refractivity contribution in [2.75, 3.05) is 17.6 Å². The molecule has 1 aromatic heterocycles. The molecule has 0 aliphatic heterocycles. The molecule has 7 nitrogen and oxygen atoms in total. The lowest BCUT2D eigenvalue weighted by Gasteiger charge is -2.13. The largest absolute Gasteiger partial charge is 0.393 e. The quantitative estimate of drug-likeness (QED) is 0.525. The van der Waals surface area contributed by atoms with Crippen LogP contribution in [0.2, 0.25) is 0 Å². The number of aromatic nitrogens is 2. The molecule has 0 amide bonds. The summed E-state index contributed by atoms with van der Waals surface area (Å²) in [4.78, 5) is 25.5. The van der Waals surface area contributed by atoms with Crippen LogP contribution in [0.15, 0.2) is 9.59 Å². The third kappa shape index (κ3) is 4.13. The summed E-state index contributed by atoms with van der Waals surface area (Å²) in [6.07, 6.45) is 1.73. The van der Waals surface area contributed by atoms with Crippen molar-refractivity contribution in [3.05, 3.63) is 20.8 Å². The molecule has 0 aliphatic carbocycles. The maximum absolute atomic E-state index is 11.7. The minimum absolute atomic E-state index is 0.160. The van der Waals surface area contributed by atoms with Gasteiger partial charge in [0.2, 0.25) is 0 Å². The van der Waals surface area contributed by atoms with E-state index in [0.717, 1.165) is 6.42 Å². The summed E-state index contributed by atoms with van der Waals surface area (Å²) < 4.78 is 1.35. The van der Waals surface area contributed by atoms with E-state index in [-0.39, 0.29) is 17.6 Å². The van der Waals surface area contributed by atoms with Gasteiger partial charge >= 0.3 is 5.69 Å². The summed E-state index contributed by atoms with van der Waals surface area (Å²) >= 11 is 0. The lowest BCUT2D eigenvalue weighted by atomic mass is 10.2. The number of aliphatic hydroxyl groups is 1. The van der Waals surface area contributed by atoms with Crippen molar-refractivity contribution in [1.82, 2.24) is 9.55 Å². The average molecular weight is 270 g/mol. The summed E-state index contributed by atoms with van der Waals surface area (Å²) in [5, 5.41) is 12.1. The lowest BCUT2D eigenvalue weighted by Crippen LogP contribution is -2.34. The molecule has 0 aromatic carbocycles. The fourth-order valence-corrected chi connectivity index (χ4v) is 1.82. The Morgan fingerprint density at radius 2 is 2.16 bits per heavy atom. The van der Waals surface area contributed by atoms with Crippen LogP contribution in [0.25, 0.3) is 0 Å². The Bertz CT molecular complexity index is 519. The van der Waals surface area contributed by atoms with Crippen LogP contribution in [-0.2, 0) is 6.54 Å². The van der Waals surface area contributed by atoms with Crippen LogP contribution < -0.4 is 22.3 Å². The van der Waals surface area contributed by atoms with Crippen molar-refractivity contribution < 1.29 is 5.11 Å². The molecule has 7 heteroatoms. The van der Waals surface area contributed by atoms with Crippen molar-refractivity contribution in [3.63, 3.8) is 0 Å². The first-order valence-corrected chi connectivity index (χ1v) is 6.51. The van der Waals surface area contributed by atoms with Gasteiger partial charge < -0.3 is 16.2 Å². The monoisotopic (exact) mass is 270 g/mol. The highest BCUT2D eigenvalue weighted by molar-refractivity contribution is 5.60. The summed E-state index contributed by atoms with van der Waals surface area (Å²) in [6.45, 7) is 4.61. The molecular weight excluding hydrogens is 248 g/mol. The molecule has 0 saturated carbocycles. The predicted octanol–water partition coefficient (Wildman–Crippen LogP) is 0.102. The molecule has 0 spiro atoms. The van der Waals surface area contributed by atoms with Gasteiger partial charge in [0.15, 0.2) is 0 Å². The Kier molecular flexibility index (Phi) is 5.62. The van der Waals surface area contributed by atoms with Crippen LogP contribution in [-0.4, -0.2) is 27.3 Å². The number of aromatic amines is 1. The van der Waals surface area contributed by atoms with Gasteiger partial charge in [-0.3, -0.25) is 14.3 Å². The second kappa shape index (κ2) is 6.98. The number of nitrogens with zero attached hydrogens (tertiary/aromatic N) is 1. The Labute approximate surface area is 111 Å². The topological polar surface area (TPSA) is 113 Å². The molecule has 0 fully saturated rings. The Balaban J connectivity index is 2.85. The number of hydrogen-bond donors (Lipinski definition) is 4. The maximum Gasteiger partial charge on any atom is 0.330 e. The fourth-order valence-electron chi connectivity index (χ4n) is 1.82. The zero-order valence-electron chi connectivity index (χ0n) is 11.4. The second-order valence-corrected chi connectivity index (χ2v) is 4.59. The molecule has 19 heavy (non-hydrogen) atoms. The molecule has 1 rings (SSSR count). The van der Waals surface area contributed by atoms with E-state index in [9.17, 15) is 9.59 Å². The average Bonchev–Trinajstić information content (AvgIpc) is 2.33. The second-order valence-electron chi connectivity index (χ2n) is 4.59. The molecule has 1 aromatic rings. The van der Waals surface area contributed by atoms with Crippen LogP contribution in [0, 0.1) is 0 Å². The fraction of sp³-hybridized carbons (Fsp3) is 0.667. The van der Waals surface area contributed by atoms with Crippen LogP contribution >= 0.6 is 0 Å². The Hall–Kier alpha value is -1.76. The first kappa shape index (κ1) is 15.3. The normalized spacial score (nSPS) is 12.4. The highest BCUT2D eigenvalue weighted by atomic mass is 16.3. The molecule has 0 aliphatic rings. The predicted molar refractivity (Wildman–Crippen MR) is 75.4 cm³/mol. The highest BCUT2D eigenvalue weighted by Crippen LogP contribution is 2.10. The molecule has 0 bridgehead atoms. The summed E-state index contributed by atoms with van der Waals surface area (Å²) in [5.74, 6) is 0.160. The number of anilines is 2. The van der Waals surface area contributed by atoms with E-state index >= 15 is 0 Å². The van der Waals surface area contributed by atoms with Gasteiger partial charge in [-0.2, -0.15) is 0 Å². The third-order valence-electron chi connectivity index (χ3n) is 2.79. The minimum Gasteiger partial charge on any atom is -0.393 e. The molecule has 1 unspecified atom stereocenters. The zero-order chi connectivity index (χ0) is 14.4. The number of nitrogens with two attached hydrogens (primary N) is 1. The summed E-state index contributed by atoms with van der Waals surface area (Å²) in [6, 6.07) is 0. The van der Waals surface area contributed by atoms with E-state index in [1.165, 1.54) is 4.57 Å². The number of hydrogen-bond acceptors (Lipinski definition) is 5. The number of H-pyrrole nitrogens is 1. The molecule has 1 atom stereocenters. The van der Waals surface area contributed by atoms with E-state index < -0.39 is 11.2 Å². The molecule has 0 saturated heterocycles. The minimum atomic E-state index is -0.507. The molecule has 5 N–H and O–H groups in total. The zero-order valence-corrected chi connectivity index (χ0v) is 11.4. The van der Waals surface area contributed by atoms with Gasteiger partial charge in [-0.15, -0.1) is 0 Å². The van der Waals surface area contributed by atoms with Crippen molar-refractivity contribution in [1.29, 1.82) is 0 Å². The number of nitrogen functional groups attached to an aromatic ring is 1. The van der Waals surface area contributed by atoms with Gasteiger partial charge in [0.25, 0.3) is 5.56 Å². The Morgan fingerprint density at radius 1 is 1.47 bits per heavy atom. The van der Waals surface area contributed by atoms with E-state index in [1.807, 2.05) is 6.92 Å². The van der Waals surface area contributed by atoms with Gasteiger partial charge in [0, 0.05) is 13.1 Å². The molecule has 108 valence electrons. The summed E-state index contributed by atoms with van der Waals surface area (Å²) in [7, 11) is 0. The first-order valence-electron chi connectivity index (χ1n) is 6.51. The van der Waals surface area contributed by atoms with Crippen LogP contribution in [0.5, 0.6) is 0 Å². The van der Waals surface area contributed by atoms with Crippen molar-refractivity contribution in [2.24, 2.45) is 0 Å². The van der Waals surface area contributed by atoms with E-state index in [1.54, 1.807) is 6.92 Å². The SMILES string of the molecule is CCCn1c(N)c(NCCCC(C)O)c(=O)[nH]c1=O. The Morgan fingerprint density at radius 3 is 2.74 bits per heavy atom. The number of nitrogens with one attached hydrogen (secondary N) is 2. The number of rotatable bonds is 7. The van der Waals surface area contributed by atoms with Crippen molar-refractivity contribution >= 4 is 11.5 Å². The van der Waals surface area contributed by atoms with E-state index in [0.29, 0.717) is 25.9 Å². The van der Waals surface area contributed by atoms with Crippen molar-refractivity contribution in [2.45, 2.75) is 45.8 Å². The molecule has 1 heterocycles. The summed E-state index contributed by atoms with van der Waals surface area (Å²) in [5.41, 5.74) is 5.07. The lowest BCUT2D eigenvalue weighted by molar-refractivity contribution is 0.183. The van der Waals surface area contributed by atoms with Gasteiger partial charge in [-0.25, -0.2) is 4.79 Å². The van der Waals surface area contributed by atoms with E-state index in [4.69, 9.17) is 10.8 Å². The third-order valence-corrected chi connectivity index (χ3v) is 2.79. The maximum atomic E-state index is 11.7. The highest BCUT2D eigenvalue weighted by Gasteiger charge is 2.11. The molecule has 0 radical (unpaired) electrons. The van der Waals surface area contributed by atoms with Gasteiger partial charge in [0.05, 0.1) is 6.10 Å². The van der Waals surface area contributed by atoms with Gasteiger partial charge in [-0.05, 0) is 26.2 Å².